The van der Waals surface area contributed by atoms with Gasteiger partial charge in [0.2, 0.25) is 0 Å². The Balaban J connectivity index is 2.22. The first-order chi connectivity index (χ1) is 10.1. The fourth-order valence-corrected chi connectivity index (χ4v) is 1.78. The Morgan fingerprint density at radius 3 is 2.19 bits per heavy atom. The summed E-state index contributed by atoms with van der Waals surface area (Å²) in [6, 6.07) is 15.0. The lowest BCUT2D eigenvalue weighted by Crippen LogP contribution is -2.12. The molecule has 0 aromatic heterocycles. The van der Waals surface area contributed by atoms with Gasteiger partial charge in [0.05, 0.1) is 0 Å². The van der Waals surface area contributed by atoms with Gasteiger partial charge < -0.3 is 10.4 Å². The smallest absolute Gasteiger partial charge is 0.352 e. The second-order valence-electron chi connectivity index (χ2n) is 4.23. The molecule has 5 heteroatoms. The highest BCUT2D eigenvalue weighted by Gasteiger charge is 2.11. The van der Waals surface area contributed by atoms with Gasteiger partial charge in [-0.25, -0.2) is 4.79 Å². The zero-order valence-electron chi connectivity index (χ0n) is 10.9. The van der Waals surface area contributed by atoms with Gasteiger partial charge in [0.15, 0.2) is 5.78 Å². The molecule has 0 saturated carbocycles. The van der Waals surface area contributed by atoms with Gasteiger partial charge in [-0.15, -0.1) is 0 Å². The number of halogens is 1. The summed E-state index contributed by atoms with van der Waals surface area (Å²) in [5, 5.41) is 12.4. The summed E-state index contributed by atoms with van der Waals surface area (Å²) in [5.41, 5.74) is 0.759. The van der Waals surface area contributed by atoms with E-state index >= 15 is 0 Å². The molecule has 21 heavy (non-hydrogen) atoms. The van der Waals surface area contributed by atoms with Gasteiger partial charge in [-0.3, -0.25) is 4.79 Å². The van der Waals surface area contributed by atoms with Gasteiger partial charge in [0, 0.05) is 22.3 Å². The number of carbonyl (C=O) groups is 2. The maximum atomic E-state index is 12.0. The zero-order valence-corrected chi connectivity index (χ0v) is 11.7. The molecule has 0 fully saturated rings. The standard InChI is InChI=1S/C16H12ClNO3/c17-12-6-8-13(9-7-12)18-14(16(20)21)10-15(19)11-4-2-1-3-5-11/h1-10,18H,(H,20,21). The first-order valence-electron chi connectivity index (χ1n) is 6.13. The number of anilines is 1. The molecule has 2 aromatic carbocycles. The second-order valence-corrected chi connectivity index (χ2v) is 4.66. The maximum absolute atomic E-state index is 12.0. The Kier molecular flexibility index (Phi) is 4.74. The van der Waals surface area contributed by atoms with Crippen molar-refractivity contribution in [3.8, 4) is 0 Å². The van der Waals surface area contributed by atoms with Gasteiger partial charge >= 0.3 is 5.97 Å². The van der Waals surface area contributed by atoms with Gasteiger partial charge in [-0.05, 0) is 24.3 Å². The van der Waals surface area contributed by atoms with Crippen LogP contribution in [-0.4, -0.2) is 16.9 Å². The van der Waals surface area contributed by atoms with Crippen LogP contribution in [0.5, 0.6) is 0 Å². The third kappa shape index (κ3) is 4.19. The lowest BCUT2D eigenvalue weighted by atomic mass is 10.1. The Labute approximate surface area is 126 Å². The Bertz CT molecular complexity index is 678. The molecule has 0 aliphatic carbocycles. The van der Waals surface area contributed by atoms with Crippen LogP contribution in [0.15, 0.2) is 66.4 Å². The van der Waals surface area contributed by atoms with Crippen molar-refractivity contribution in [2.24, 2.45) is 0 Å². The van der Waals surface area contributed by atoms with E-state index in [1.807, 2.05) is 0 Å². The van der Waals surface area contributed by atoms with Crippen molar-refractivity contribution in [3.05, 3.63) is 77.0 Å². The molecule has 2 aromatic rings. The van der Waals surface area contributed by atoms with Crippen molar-refractivity contribution in [1.82, 2.24) is 0 Å². The minimum Gasteiger partial charge on any atom is -0.477 e. The molecule has 0 saturated heterocycles. The summed E-state index contributed by atoms with van der Waals surface area (Å²) < 4.78 is 0. The number of benzene rings is 2. The number of hydrogen-bond acceptors (Lipinski definition) is 3. The summed E-state index contributed by atoms with van der Waals surface area (Å²) >= 11 is 5.76. The van der Waals surface area contributed by atoms with Crippen LogP contribution in [0, 0.1) is 0 Å². The van der Waals surface area contributed by atoms with Crippen LogP contribution in [0.25, 0.3) is 0 Å². The van der Waals surface area contributed by atoms with Gasteiger partial charge in [-0.2, -0.15) is 0 Å². The zero-order chi connectivity index (χ0) is 15.2. The van der Waals surface area contributed by atoms with Crippen molar-refractivity contribution in [2.45, 2.75) is 0 Å². The van der Waals surface area contributed by atoms with Crippen LogP contribution in [0.3, 0.4) is 0 Å². The first kappa shape index (κ1) is 14.8. The Hall–Kier alpha value is -2.59. The van der Waals surface area contributed by atoms with Crippen molar-refractivity contribution in [3.63, 3.8) is 0 Å². The fraction of sp³-hybridized carbons (Fsp3) is 0. The molecule has 0 atom stereocenters. The summed E-state index contributed by atoms with van der Waals surface area (Å²) in [5.74, 6) is -1.59. The molecule has 0 unspecified atom stereocenters. The van der Waals surface area contributed by atoms with E-state index in [0.29, 0.717) is 16.3 Å². The molecule has 2 N–H and O–H groups in total. The molecular formula is C16H12ClNO3. The first-order valence-corrected chi connectivity index (χ1v) is 6.51. The third-order valence-electron chi connectivity index (χ3n) is 2.69. The Morgan fingerprint density at radius 1 is 1.00 bits per heavy atom. The molecular weight excluding hydrogens is 290 g/mol. The minimum absolute atomic E-state index is 0.203. The number of aliphatic carboxylic acids is 1. The molecule has 0 heterocycles. The largest absolute Gasteiger partial charge is 0.477 e. The van der Waals surface area contributed by atoms with Crippen molar-refractivity contribution in [1.29, 1.82) is 0 Å². The number of hydrogen-bond donors (Lipinski definition) is 2. The predicted octanol–water partition coefficient (Wildman–Crippen LogP) is 3.60. The van der Waals surface area contributed by atoms with Crippen LogP contribution in [-0.2, 0) is 4.79 Å². The van der Waals surface area contributed by atoms with Crippen molar-refractivity contribution >= 4 is 29.0 Å². The van der Waals surface area contributed by atoms with Crippen molar-refractivity contribution < 1.29 is 14.7 Å². The molecule has 0 spiro atoms. The molecule has 2 rings (SSSR count). The van der Waals surface area contributed by atoms with E-state index in [1.165, 1.54) is 0 Å². The van der Waals surface area contributed by atoms with E-state index < -0.39 is 5.97 Å². The minimum atomic E-state index is -1.21. The van der Waals surface area contributed by atoms with E-state index in [9.17, 15) is 14.7 Å². The number of rotatable bonds is 5. The number of nitrogens with one attached hydrogen (secondary N) is 1. The number of carboxylic acids is 1. The van der Waals surface area contributed by atoms with E-state index in [2.05, 4.69) is 5.32 Å². The molecule has 0 aliphatic heterocycles. The van der Waals surface area contributed by atoms with Crippen molar-refractivity contribution in [2.75, 3.05) is 5.32 Å². The third-order valence-corrected chi connectivity index (χ3v) is 2.94. The highest BCUT2D eigenvalue weighted by atomic mass is 35.5. The van der Waals surface area contributed by atoms with E-state index in [1.54, 1.807) is 54.6 Å². The monoisotopic (exact) mass is 301 g/mol. The van der Waals surface area contributed by atoms with Gasteiger partial charge in [-0.1, -0.05) is 41.9 Å². The average molecular weight is 302 g/mol. The van der Waals surface area contributed by atoms with E-state index in [0.717, 1.165) is 6.08 Å². The number of carboxylic acid groups (broad SMARTS) is 1. The number of carbonyl (C=O) groups excluding carboxylic acids is 1. The lowest BCUT2D eigenvalue weighted by molar-refractivity contribution is -0.132. The van der Waals surface area contributed by atoms with Crippen LogP contribution in [0.1, 0.15) is 10.4 Å². The number of allylic oxidation sites excluding steroid dienone is 1. The summed E-state index contributed by atoms with van der Waals surface area (Å²) in [6.45, 7) is 0. The van der Waals surface area contributed by atoms with Gasteiger partial charge in [0.25, 0.3) is 0 Å². The molecule has 0 radical (unpaired) electrons. The quantitative estimate of drug-likeness (QED) is 0.654. The molecule has 0 aliphatic rings. The number of ketones is 1. The van der Waals surface area contributed by atoms with Crippen LogP contribution in [0.4, 0.5) is 5.69 Å². The topological polar surface area (TPSA) is 66.4 Å². The normalized spacial score (nSPS) is 11.0. The lowest BCUT2D eigenvalue weighted by Gasteiger charge is -2.07. The second kappa shape index (κ2) is 6.72. The molecule has 106 valence electrons. The highest BCUT2D eigenvalue weighted by molar-refractivity contribution is 6.30. The van der Waals surface area contributed by atoms with Gasteiger partial charge in [0.1, 0.15) is 5.70 Å². The van der Waals surface area contributed by atoms with E-state index in [-0.39, 0.29) is 11.5 Å². The maximum Gasteiger partial charge on any atom is 0.352 e. The SMILES string of the molecule is O=C(O)C(=CC(=O)c1ccccc1)Nc1ccc(Cl)cc1. The van der Waals surface area contributed by atoms with Crippen LogP contribution < -0.4 is 5.32 Å². The molecule has 0 bridgehead atoms. The summed E-state index contributed by atoms with van der Waals surface area (Å²) in [7, 11) is 0. The molecule has 4 nitrogen and oxygen atoms in total. The average Bonchev–Trinajstić information content (AvgIpc) is 2.49. The van der Waals surface area contributed by atoms with E-state index in [4.69, 9.17) is 11.6 Å². The predicted molar refractivity (Wildman–Crippen MR) is 81.6 cm³/mol. The fourth-order valence-electron chi connectivity index (χ4n) is 1.66. The summed E-state index contributed by atoms with van der Waals surface area (Å²) in [4.78, 5) is 23.2. The summed E-state index contributed by atoms with van der Waals surface area (Å²) in [6.07, 6.45) is 1.06. The van der Waals surface area contributed by atoms with Crippen LogP contribution in [0.2, 0.25) is 5.02 Å². The molecule has 0 amide bonds. The Morgan fingerprint density at radius 2 is 1.62 bits per heavy atom. The van der Waals surface area contributed by atoms with Crippen LogP contribution >= 0.6 is 11.6 Å². The highest BCUT2D eigenvalue weighted by Crippen LogP contribution is 2.15.